The van der Waals surface area contributed by atoms with E-state index in [0.717, 1.165) is 4.90 Å². The van der Waals surface area contributed by atoms with Crippen LogP contribution in [0.4, 0.5) is 4.79 Å². The highest BCUT2D eigenvalue weighted by atomic mass is 16.6. The molecule has 31 heavy (non-hydrogen) atoms. The number of likely N-dealkylation sites (tertiary alicyclic amines) is 1. The first kappa shape index (κ1) is 21.2. The van der Waals surface area contributed by atoms with Crippen molar-refractivity contribution >= 4 is 23.6 Å². The molecule has 4 rings (SSSR count). The number of ketones is 2. The standard InChI is InChI=1S/C22H23NO8/c1-21(2,3)31-20(27)23-13(24)9-12-17(23)15-16(22(4,28)30-12)19(26)14-10(18(15)25)7-6-8-11(14)29-5/h6-8,12,17,28H,9H2,1-5H3/t12-,17+,22+/m0/s1. The molecule has 3 atom stereocenters. The molecule has 0 spiro atoms. The number of methoxy groups -OCH3 is 1. The van der Waals surface area contributed by atoms with Crippen molar-refractivity contribution in [2.75, 3.05) is 7.11 Å². The number of ether oxygens (including phenoxy) is 3. The predicted molar refractivity (Wildman–Crippen MR) is 106 cm³/mol. The van der Waals surface area contributed by atoms with Gasteiger partial charge in [0.1, 0.15) is 11.4 Å². The number of nitrogens with zero attached hydrogens (tertiary/aromatic N) is 1. The number of benzene rings is 1. The Morgan fingerprint density at radius 2 is 1.90 bits per heavy atom. The van der Waals surface area contributed by atoms with Crippen LogP contribution in [0.15, 0.2) is 29.3 Å². The number of aliphatic hydroxyl groups is 1. The molecule has 164 valence electrons. The second kappa shape index (κ2) is 6.73. The summed E-state index contributed by atoms with van der Waals surface area (Å²) < 4.78 is 16.3. The molecule has 2 heterocycles. The minimum Gasteiger partial charge on any atom is -0.496 e. The Labute approximate surface area is 178 Å². The molecule has 1 aliphatic carbocycles. The van der Waals surface area contributed by atoms with Crippen molar-refractivity contribution in [1.82, 2.24) is 4.90 Å². The van der Waals surface area contributed by atoms with Crippen molar-refractivity contribution in [1.29, 1.82) is 0 Å². The van der Waals surface area contributed by atoms with Crippen LogP contribution in [0.25, 0.3) is 0 Å². The lowest BCUT2D eigenvalue weighted by Gasteiger charge is -2.42. The van der Waals surface area contributed by atoms with E-state index in [4.69, 9.17) is 14.2 Å². The van der Waals surface area contributed by atoms with Crippen LogP contribution in [0, 0.1) is 0 Å². The van der Waals surface area contributed by atoms with Gasteiger partial charge in [0.25, 0.3) is 0 Å². The second-order valence-corrected chi connectivity index (χ2v) is 8.86. The molecule has 1 fully saturated rings. The summed E-state index contributed by atoms with van der Waals surface area (Å²) in [5.41, 5.74) is -1.25. The third-order valence-electron chi connectivity index (χ3n) is 5.46. The fraction of sp³-hybridized carbons (Fsp3) is 0.455. The Bertz CT molecular complexity index is 1060. The van der Waals surface area contributed by atoms with Crippen molar-refractivity contribution in [2.24, 2.45) is 0 Å². The highest BCUT2D eigenvalue weighted by Gasteiger charge is 2.59. The monoisotopic (exact) mass is 429 g/mol. The molecular weight excluding hydrogens is 406 g/mol. The minimum absolute atomic E-state index is 0.00390. The van der Waals surface area contributed by atoms with E-state index in [1.165, 1.54) is 26.2 Å². The van der Waals surface area contributed by atoms with Gasteiger partial charge in [-0.15, -0.1) is 0 Å². The topological polar surface area (TPSA) is 119 Å². The summed E-state index contributed by atoms with van der Waals surface area (Å²) in [5, 5.41) is 11.0. The van der Waals surface area contributed by atoms with Crippen molar-refractivity contribution in [3.63, 3.8) is 0 Å². The molecule has 2 amide bonds. The van der Waals surface area contributed by atoms with E-state index < -0.39 is 47.1 Å². The summed E-state index contributed by atoms with van der Waals surface area (Å²) in [6, 6.07) is 3.38. The van der Waals surface area contributed by atoms with Crippen LogP contribution in [-0.2, 0) is 14.3 Å². The van der Waals surface area contributed by atoms with E-state index >= 15 is 0 Å². The lowest BCUT2D eigenvalue weighted by Crippen LogP contribution is -2.56. The summed E-state index contributed by atoms with van der Waals surface area (Å²) >= 11 is 0. The lowest BCUT2D eigenvalue weighted by molar-refractivity contribution is -0.200. The molecule has 1 N–H and O–H groups in total. The highest BCUT2D eigenvalue weighted by molar-refractivity contribution is 6.29. The Kier molecular flexibility index (Phi) is 4.60. The molecule has 0 bridgehead atoms. The third kappa shape index (κ3) is 3.16. The Hall–Kier alpha value is -3.04. The number of Topliss-reactive ketones (excluding diaryl/α,β-unsaturated/α-hetero) is 2. The number of amides is 2. The first-order valence-corrected chi connectivity index (χ1v) is 9.83. The molecular formula is C22H23NO8. The molecule has 2 aliphatic heterocycles. The van der Waals surface area contributed by atoms with Gasteiger partial charge in [-0.2, -0.15) is 0 Å². The highest BCUT2D eigenvalue weighted by Crippen LogP contribution is 2.46. The van der Waals surface area contributed by atoms with Crippen molar-refractivity contribution in [3.05, 3.63) is 40.5 Å². The largest absolute Gasteiger partial charge is 0.496 e. The normalized spacial score (nSPS) is 27.7. The van der Waals surface area contributed by atoms with Crippen molar-refractivity contribution in [2.45, 2.75) is 57.6 Å². The van der Waals surface area contributed by atoms with Crippen LogP contribution in [0.2, 0.25) is 0 Å². The van der Waals surface area contributed by atoms with E-state index in [2.05, 4.69) is 0 Å². The van der Waals surface area contributed by atoms with Crippen LogP contribution in [0.3, 0.4) is 0 Å². The number of imide groups is 1. The van der Waals surface area contributed by atoms with Crippen molar-refractivity contribution < 1.29 is 38.5 Å². The van der Waals surface area contributed by atoms with Gasteiger partial charge in [-0.25, -0.2) is 9.69 Å². The van der Waals surface area contributed by atoms with Crippen LogP contribution < -0.4 is 4.74 Å². The Morgan fingerprint density at radius 1 is 1.23 bits per heavy atom. The number of hydrogen-bond acceptors (Lipinski definition) is 8. The molecule has 0 unspecified atom stereocenters. The van der Waals surface area contributed by atoms with Gasteiger partial charge < -0.3 is 19.3 Å². The molecule has 3 aliphatic rings. The number of rotatable bonds is 1. The van der Waals surface area contributed by atoms with E-state index in [1.807, 2.05) is 0 Å². The Balaban J connectivity index is 1.91. The zero-order valence-corrected chi connectivity index (χ0v) is 17.8. The van der Waals surface area contributed by atoms with Gasteiger partial charge in [-0.05, 0) is 33.8 Å². The van der Waals surface area contributed by atoms with Gasteiger partial charge in [-0.1, -0.05) is 12.1 Å². The molecule has 9 heteroatoms. The average Bonchev–Trinajstić information content (AvgIpc) is 2.97. The van der Waals surface area contributed by atoms with Crippen LogP contribution >= 0.6 is 0 Å². The average molecular weight is 429 g/mol. The van der Waals surface area contributed by atoms with Gasteiger partial charge in [0.05, 0.1) is 36.8 Å². The third-order valence-corrected chi connectivity index (χ3v) is 5.46. The summed E-state index contributed by atoms with van der Waals surface area (Å²) in [6.45, 7) is 6.18. The van der Waals surface area contributed by atoms with Crippen LogP contribution in [0.1, 0.15) is 54.8 Å². The van der Waals surface area contributed by atoms with E-state index in [-0.39, 0.29) is 34.4 Å². The maximum Gasteiger partial charge on any atom is 0.417 e. The molecule has 1 saturated heterocycles. The first-order chi connectivity index (χ1) is 14.4. The quantitative estimate of drug-likeness (QED) is 0.720. The zero-order chi connectivity index (χ0) is 22.9. The maximum absolute atomic E-state index is 13.5. The van der Waals surface area contributed by atoms with E-state index in [9.17, 15) is 24.3 Å². The maximum atomic E-state index is 13.5. The number of carbonyl (C=O) groups is 4. The Morgan fingerprint density at radius 3 is 2.52 bits per heavy atom. The first-order valence-electron chi connectivity index (χ1n) is 9.83. The summed E-state index contributed by atoms with van der Waals surface area (Å²) in [7, 11) is 1.36. The predicted octanol–water partition coefficient (Wildman–Crippen LogP) is 2.01. The zero-order valence-electron chi connectivity index (χ0n) is 17.8. The molecule has 1 aromatic carbocycles. The second-order valence-electron chi connectivity index (χ2n) is 8.86. The molecule has 0 aromatic heterocycles. The fourth-order valence-electron chi connectivity index (χ4n) is 4.38. The van der Waals surface area contributed by atoms with Gasteiger partial charge in [0, 0.05) is 11.1 Å². The SMILES string of the molecule is COc1cccc2c1C(=O)C1=C(C2=O)[C@H]2[C@H](CC(=O)N2C(=O)OC(C)(C)C)O[C@@]1(C)O. The molecule has 0 saturated carbocycles. The van der Waals surface area contributed by atoms with Gasteiger partial charge >= 0.3 is 6.09 Å². The van der Waals surface area contributed by atoms with Gasteiger partial charge in [0.2, 0.25) is 5.91 Å². The van der Waals surface area contributed by atoms with E-state index in [1.54, 1.807) is 26.8 Å². The number of carbonyl (C=O) groups excluding carboxylic acids is 4. The van der Waals surface area contributed by atoms with Crippen LogP contribution in [-0.4, -0.2) is 64.2 Å². The summed E-state index contributed by atoms with van der Waals surface area (Å²) in [5.74, 6) is -3.82. The summed E-state index contributed by atoms with van der Waals surface area (Å²) in [4.78, 5) is 53.3. The number of hydrogen-bond donors (Lipinski definition) is 1. The van der Waals surface area contributed by atoms with Crippen LogP contribution in [0.5, 0.6) is 5.75 Å². The fourth-order valence-corrected chi connectivity index (χ4v) is 4.38. The molecule has 1 aromatic rings. The summed E-state index contributed by atoms with van der Waals surface area (Å²) in [6.07, 6.45) is -2.19. The molecule has 9 nitrogen and oxygen atoms in total. The molecule has 0 radical (unpaired) electrons. The minimum atomic E-state index is -2.13. The number of fused-ring (bicyclic) bond motifs is 3. The van der Waals surface area contributed by atoms with Gasteiger partial charge in [-0.3, -0.25) is 14.4 Å². The van der Waals surface area contributed by atoms with E-state index in [0.29, 0.717) is 0 Å². The van der Waals surface area contributed by atoms with Gasteiger partial charge in [0.15, 0.2) is 17.4 Å². The lowest BCUT2D eigenvalue weighted by atomic mass is 9.75. The van der Waals surface area contributed by atoms with Crippen molar-refractivity contribution in [3.8, 4) is 5.75 Å². The smallest absolute Gasteiger partial charge is 0.417 e.